The van der Waals surface area contributed by atoms with Crippen molar-refractivity contribution in [1.82, 2.24) is 0 Å². The van der Waals surface area contributed by atoms with Gasteiger partial charge in [-0.2, -0.15) is 0 Å². The molecule has 7 heteroatoms. The molecular weight excluding hydrogens is 285 g/mol. The summed E-state index contributed by atoms with van der Waals surface area (Å²) in [5.41, 5.74) is 2.75. The molecule has 2 aromatic rings. The fourth-order valence-electron chi connectivity index (χ4n) is 2.43. The van der Waals surface area contributed by atoms with Gasteiger partial charge in [-0.25, -0.2) is 0 Å². The van der Waals surface area contributed by atoms with Crippen LogP contribution in [0.3, 0.4) is 0 Å². The SMILES string of the molecule is O=C(Cc1ccc2c(c1)B(O)OC2)c1ccc([N+](=O)[O-])cc1. The number of hydrogen-bond donors (Lipinski definition) is 1. The molecule has 0 bridgehead atoms. The number of non-ortho nitro benzene ring substituents is 1. The van der Waals surface area contributed by atoms with Crippen LogP contribution >= 0.6 is 0 Å². The molecular formula is C15H12BNO5. The van der Waals surface area contributed by atoms with E-state index in [1.54, 1.807) is 6.07 Å². The third kappa shape index (κ3) is 2.76. The monoisotopic (exact) mass is 297 g/mol. The van der Waals surface area contributed by atoms with E-state index in [1.165, 1.54) is 24.3 Å². The van der Waals surface area contributed by atoms with Gasteiger partial charge in [-0.05, 0) is 28.7 Å². The topological polar surface area (TPSA) is 89.7 Å². The van der Waals surface area contributed by atoms with Crippen molar-refractivity contribution in [3.63, 3.8) is 0 Å². The maximum absolute atomic E-state index is 12.2. The van der Waals surface area contributed by atoms with Crippen molar-refractivity contribution < 1.29 is 19.4 Å². The van der Waals surface area contributed by atoms with Crippen LogP contribution in [-0.4, -0.2) is 22.8 Å². The highest BCUT2D eigenvalue weighted by Gasteiger charge is 2.27. The van der Waals surface area contributed by atoms with Crippen molar-refractivity contribution in [2.24, 2.45) is 0 Å². The lowest BCUT2D eigenvalue weighted by Crippen LogP contribution is -2.28. The van der Waals surface area contributed by atoms with Gasteiger partial charge in [0, 0.05) is 24.1 Å². The van der Waals surface area contributed by atoms with Gasteiger partial charge in [0.15, 0.2) is 5.78 Å². The average Bonchev–Trinajstić information content (AvgIpc) is 2.88. The van der Waals surface area contributed by atoms with Gasteiger partial charge in [-0.1, -0.05) is 18.2 Å². The van der Waals surface area contributed by atoms with Crippen molar-refractivity contribution in [2.45, 2.75) is 13.0 Å². The molecule has 0 spiro atoms. The molecule has 0 aliphatic carbocycles. The van der Waals surface area contributed by atoms with Crippen LogP contribution in [0.1, 0.15) is 21.5 Å². The zero-order valence-electron chi connectivity index (χ0n) is 11.6. The lowest BCUT2D eigenvalue weighted by Gasteiger charge is -2.04. The molecule has 0 aromatic heterocycles. The molecule has 22 heavy (non-hydrogen) atoms. The van der Waals surface area contributed by atoms with E-state index in [4.69, 9.17) is 4.65 Å². The van der Waals surface area contributed by atoms with Gasteiger partial charge < -0.3 is 9.68 Å². The maximum atomic E-state index is 12.2. The fourth-order valence-corrected chi connectivity index (χ4v) is 2.43. The molecule has 0 unspecified atom stereocenters. The molecule has 0 atom stereocenters. The smallest absolute Gasteiger partial charge is 0.423 e. The Bertz CT molecular complexity index is 744. The number of hydrogen-bond acceptors (Lipinski definition) is 5. The predicted molar refractivity (Wildman–Crippen MR) is 80.0 cm³/mol. The third-order valence-corrected chi connectivity index (χ3v) is 3.64. The van der Waals surface area contributed by atoms with Crippen molar-refractivity contribution in [1.29, 1.82) is 0 Å². The molecule has 0 saturated heterocycles. The van der Waals surface area contributed by atoms with Crippen LogP contribution in [0.5, 0.6) is 0 Å². The van der Waals surface area contributed by atoms with Gasteiger partial charge in [0.2, 0.25) is 0 Å². The number of nitrogens with zero attached hydrogens (tertiary/aromatic N) is 1. The first-order valence-corrected chi connectivity index (χ1v) is 6.73. The number of fused-ring (bicyclic) bond motifs is 1. The number of benzene rings is 2. The van der Waals surface area contributed by atoms with E-state index >= 15 is 0 Å². The van der Waals surface area contributed by atoms with Gasteiger partial charge in [-0.3, -0.25) is 14.9 Å². The molecule has 1 aliphatic heterocycles. The minimum Gasteiger partial charge on any atom is -0.423 e. The molecule has 1 aliphatic rings. The standard InChI is InChI=1S/C15H12BNO5/c18-15(11-3-5-13(6-4-11)17(20)21)8-10-1-2-12-9-22-16(19)14(12)7-10/h1-7,19H,8-9H2. The normalized spacial score (nSPS) is 13.0. The Kier molecular flexibility index (Phi) is 3.74. The number of carbonyl (C=O) groups excluding carboxylic acids is 1. The number of ketones is 1. The fraction of sp³-hybridized carbons (Fsp3) is 0.133. The molecule has 0 saturated carbocycles. The first-order valence-electron chi connectivity index (χ1n) is 6.73. The van der Waals surface area contributed by atoms with Crippen LogP contribution in [0.25, 0.3) is 0 Å². The van der Waals surface area contributed by atoms with Crippen molar-refractivity contribution in [3.05, 3.63) is 69.3 Å². The number of nitro groups is 1. The summed E-state index contributed by atoms with van der Waals surface area (Å²) in [7, 11) is -0.940. The van der Waals surface area contributed by atoms with Crippen molar-refractivity contribution in [2.75, 3.05) is 0 Å². The Balaban J connectivity index is 1.77. The van der Waals surface area contributed by atoms with Crippen molar-refractivity contribution >= 4 is 24.1 Å². The van der Waals surface area contributed by atoms with E-state index in [0.29, 0.717) is 17.6 Å². The third-order valence-electron chi connectivity index (χ3n) is 3.64. The Morgan fingerprint density at radius 2 is 2.00 bits per heavy atom. The Hall–Kier alpha value is -2.51. The van der Waals surface area contributed by atoms with Gasteiger partial charge in [0.1, 0.15) is 0 Å². The van der Waals surface area contributed by atoms with E-state index in [-0.39, 0.29) is 17.9 Å². The largest absolute Gasteiger partial charge is 0.491 e. The summed E-state index contributed by atoms with van der Waals surface area (Å²) in [5.74, 6) is -0.136. The molecule has 0 radical (unpaired) electrons. The van der Waals surface area contributed by atoms with Crippen molar-refractivity contribution in [3.8, 4) is 0 Å². The molecule has 1 N–H and O–H groups in total. The van der Waals surface area contributed by atoms with Crippen LogP contribution in [0.4, 0.5) is 5.69 Å². The van der Waals surface area contributed by atoms with E-state index in [2.05, 4.69) is 0 Å². The van der Waals surface area contributed by atoms with E-state index in [1.807, 2.05) is 12.1 Å². The summed E-state index contributed by atoms with van der Waals surface area (Å²) in [6, 6.07) is 10.9. The molecule has 0 fully saturated rings. The summed E-state index contributed by atoms with van der Waals surface area (Å²) in [5, 5.41) is 20.3. The summed E-state index contributed by atoms with van der Waals surface area (Å²) < 4.78 is 5.11. The number of Topliss-reactive ketones (excluding diaryl/α,β-unsaturated/α-hetero) is 1. The Morgan fingerprint density at radius 1 is 1.27 bits per heavy atom. The highest BCUT2D eigenvalue weighted by atomic mass is 16.6. The summed E-state index contributed by atoms with van der Waals surface area (Å²) in [4.78, 5) is 22.3. The van der Waals surface area contributed by atoms with E-state index in [9.17, 15) is 19.9 Å². The van der Waals surface area contributed by atoms with Crippen LogP contribution in [0.15, 0.2) is 42.5 Å². The van der Waals surface area contributed by atoms with E-state index in [0.717, 1.165) is 11.1 Å². The molecule has 6 nitrogen and oxygen atoms in total. The van der Waals surface area contributed by atoms with Crippen LogP contribution in [0, 0.1) is 10.1 Å². The first kappa shape index (κ1) is 14.4. The lowest BCUT2D eigenvalue weighted by atomic mass is 9.78. The summed E-state index contributed by atoms with van der Waals surface area (Å²) >= 11 is 0. The average molecular weight is 297 g/mol. The molecule has 1 heterocycles. The second kappa shape index (κ2) is 5.71. The first-order chi connectivity index (χ1) is 10.5. The van der Waals surface area contributed by atoms with Gasteiger partial charge in [-0.15, -0.1) is 0 Å². The summed E-state index contributed by atoms with van der Waals surface area (Å²) in [6.45, 7) is 0.368. The molecule has 0 amide bonds. The molecule has 3 rings (SSSR count). The number of rotatable bonds is 4. The predicted octanol–water partition coefficient (Wildman–Crippen LogP) is 1.24. The highest BCUT2D eigenvalue weighted by molar-refractivity contribution is 6.61. The minimum atomic E-state index is -0.940. The van der Waals surface area contributed by atoms with Crippen LogP contribution in [-0.2, 0) is 17.7 Å². The molecule has 2 aromatic carbocycles. The number of carbonyl (C=O) groups is 1. The number of nitro benzene ring substituents is 1. The van der Waals surface area contributed by atoms with Gasteiger partial charge >= 0.3 is 7.12 Å². The Morgan fingerprint density at radius 3 is 2.68 bits per heavy atom. The van der Waals surface area contributed by atoms with Gasteiger partial charge in [0.05, 0.1) is 11.5 Å². The lowest BCUT2D eigenvalue weighted by molar-refractivity contribution is -0.384. The zero-order chi connectivity index (χ0) is 15.7. The second-order valence-electron chi connectivity index (χ2n) is 5.10. The zero-order valence-corrected chi connectivity index (χ0v) is 11.6. The van der Waals surface area contributed by atoms with Gasteiger partial charge in [0.25, 0.3) is 5.69 Å². The quantitative estimate of drug-likeness (QED) is 0.397. The maximum Gasteiger partial charge on any atom is 0.491 e. The summed E-state index contributed by atoms with van der Waals surface area (Å²) in [6.07, 6.45) is 0.164. The minimum absolute atomic E-state index is 0.0469. The highest BCUT2D eigenvalue weighted by Crippen LogP contribution is 2.16. The van der Waals surface area contributed by atoms with E-state index < -0.39 is 12.0 Å². The Labute approximate surface area is 126 Å². The van der Waals surface area contributed by atoms with Crippen LogP contribution < -0.4 is 5.46 Å². The second-order valence-corrected chi connectivity index (χ2v) is 5.10. The van der Waals surface area contributed by atoms with Crippen LogP contribution in [0.2, 0.25) is 0 Å². The molecule has 110 valence electrons.